The third-order valence-corrected chi connectivity index (χ3v) is 2.96. The zero-order valence-corrected chi connectivity index (χ0v) is 9.45. The molecule has 0 aromatic heterocycles. The van der Waals surface area contributed by atoms with E-state index in [1.54, 1.807) is 12.1 Å². The minimum atomic E-state index is -0.431. The fourth-order valence-corrected chi connectivity index (χ4v) is 1.98. The smallest absolute Gasteiger partial charge is 0.141 e. The van der Waals surface area contributed by atoms with Crippen molar-refractivity contribution in [3.05, 3.63) is 29.0 Å². The maximum Gasteiger partial charge on any atom is 0.141 e. The van der Waals surface area contributed by atoms with Gasteiger partial charge in [0.2, 0.25) is 0 Å². The Hall–Kier alpha value is -0.840. The van der Waals surface area contributed by atoms with Gasteiger partial charge in [0.25, 0.3) is 0 Å². The normalized spacial score (nSPS) is 21.2. The second-order valence-electron chi connectivity index (χ2n) is 3.70. The molecular weight excluding hydrogens is 233 g/mol. The third kappa shape index (κ3) is 2.29. The van der Waals surface area contributed by atoms with Gasteiger partial charge < -0.3 is 14.7 Å². The van der Waals surface area contributed by atoms with Crippen LogP contribution in [0.5, 0.6) is 0 Å². The van der Waals surface area contributed by atoms with E-state index in [1.165, 1.54) is 6.07 Å². The van der Waals surface area contributed by atoms with Crippen LogP contribution in [-0.2, 0) is 4.74 Å². The molecule has 0 bridgehead atoms. The predicted molar refractivity (Wildman–Crippen MR) is 60.4 cm³/mol. The first-order valence-corrected chi connectivity index (χ1v) is 5.50. The SMILES string of the molecule is OCC1COCCN1c1ccc(F)c(Cl)c1. The summed E-state index contributed by atoms with van der Waals surface area (Å²) in [5.74, 6) is -0.431. The van der Waals surface area contributed by atoms with Crippen LogP contribution in [0, 0.1) is 5.82 Å². The van der Waals surface area contributed by atoms with Crippen molar-refractivity contribution in [3.8, 4) is 0 Å². The van der Waals surface area contributed by atoms with Crippen LogP contribution >= 0.6 is 11.6 Å². The Labute approximate surface area is 98.4 Å². The quantitative estimate of drug-likeness (QED) is 0.861. The largest absolute Gasteiger partial charge is 0.394 e. The van der Waals surface area contributed by atoms with Gasteiger partial charge in [-0.25, -0.2) is 4.39 Å². The van der Waals surface area contributed by atoms with Crippen LogP contribution in [0.1, 0.15) is 0 Å². The van der Waals surface area contributed by atoms with Crippen molar-refractivity contribution in [1.82, 2.24) is 0 Å². The fourth-order valence-electron chi connectivity index (χ4n) is 1.81. The molecule has 3 nitrogen and oxygen atoms in total. The molecular formula is C11H13ClFNO2. The molecule has 1 aliphatic rings. The molecule has 1 aliphatic heterocycles. The van der Waals surface area contributed by atoms with Gasteiger partial charge in [0.05, 0.1) is 30.9 Å². The minimum Gasteiger partial charge on any atom is -0.394 e. The maximum absolute atomic E-state index is 13.0. The van der Waals surface area contributed by atoms with Crippen molar-refractivity contribution in [1.29, 1.82) is 0 Å². The zero-order valence-electron chi connectivity index (χ0n) is 8.70. The average Bonchev–Trinajstić information content (AvgIpc) is 2.32. The molecule has 1 saturated heterocycles. The molecule has 1 atom stereocenters. The summed E-state index contributed by atoms with van der Waals surface area (Å²) in [5, 5.41) is 9.32. The van der Waals surface area contributed by atoms with Crippen molar-refractivity contribution in [2.75, 3.05) is 31.3 Å². The number of anilines is 1. The van der Waals surface area contributed by atoms with E-state index in [1.807, 2.05) is 4.90 Å². The molecule has 0 aliphatic carbocycles. The molecule has 2 rings (SSSR count). The molecule has 0 radical (unpaired) electrons. The highest BCUT2D eigenvalue weighted by molar-refractivity contribution is 6.31. The van der Waals surface area contributed by atoms with Gasteiger partial charge in [0.1, 0.15) is 5.82 Å². The van der Waals surface area contributed by atoms with E-state index in [4.69, 9.17) is 16.3 Å². The monoisotopic (exact) mass is 245 g/mol. The maximum atomic E-state index is 13.0. The number of ether oxygens (including phenoxy) is 1. The highest BCUT2D eigenvalue weighted by Gasteiger charge is 2.22. The van der Waals surface area contributed by atoms with Crippen LogP contribution in [0.25, 0.3) is 0 Å². The first kappa shape index (κ1) is 11.6. The lowest BCUT2D eigenvalue weighted by atomic mass is 10.2. The van der Waals surface area contributed by atoms with Gasteiger partial charge in [0, 0.05) is 12.2 Å². The Bertz CT molecular complexity index is 375. The lowest BCUT2D eigenvalue weighted by Crippen LogP contribution is -2.47. The molecule has 1 unspecified atom stereocenters. The van der Waals surface area contributed by atoms with Gasteiger partial charge >= 0.3 is 0 Å². The molecule has 1 aromatic carbocycles. The van der Waals surface area contributed by atoms with E-state index in [2.05, 4.69) is 0 Å². The van der Waals surface area contributed by atoms with E-state index in [-0.39, 0.29) is 17.7 Å². The molecule has 0 spiro atoms. The Morgan fingerprint density at radius 1 is 1.56 bits per heavy atom. The molecule has 5 heteroatoms. The summed E-state index contributed by atoms with van der Waals surface area (Å²) < 4.78 is 18.3. The highest BCUT2D eigenvalue weighted by Crippen LogP contribution is 2.25. The zero-order chi connectivity index (χ0) is 11.5. The second-order valence-corrected chi connectivity index (χ2v) is 4.11. The molecule has 1 heterocycles. The number of halogens is 2. The average molecular weight is 246 g/mol. The lowest BCUT2D eigenvalue weighted by Gasteiger charge is -2.36. The first-order valence-electron chi connectivity index (χ1n) is 5.12. The topological polar surface area (TPSA) is 32.7 Å². The summed E-state index contributed by atoms with van der Waals surface area (Å²) in [5.41, 5.74) is 0.814. The number of morpholine rings is 1. The summed E-state index contributed by atoms with van der Waals surface area (Å²) in [6.07, 6.45) is 0. The van der Waals surface area contributed by atoms with E-state index < -0.39 is 5.82 Å². The number of benzene rings is 1. The van der Waals surface area contributed by atoms with Crippen molar-refractivity contribution in [2.24, 2.45) is 0 Å². The number of hydrogen-bond donors (Lipinski definition) is 1. The fraction of sp³-hybridized carbons (Fsp3) is 0.455. The third-order valence-electron chi connectivity index (χ3n) is 2.67. The highest BCUT2D eigenvalue weighted by atomic mass is 35.5. The predicted octanol–water partition coefficient (Wildman–Crippen LogP) is 1.68. The van der Waals surface area contributed by atoms with Crippen LogP contribution in [0.3, 0.4) is 0 Å². The Morgan fingerprint density at radius 3 is 3.06 bits per heavy atom. The van der Waals surface area contributed by atoms with Gasteiger partial charge in [-0.05, 0) is 18.2 Å². The van der Waals surface area contributed by atoms with Crippen LogP contribution in [-0.4, -0.2) is 37.5 Å². The van der Waals surface area contributed by atoms with Gasteiger partial charge in [-0.1, -0.05) is 11.6 Å². The molecule has 1 N–H and O–H groups in total. The second kappa shape index (κ2) is 4.99. The van der Waals surface area contributed by atoms with Gasteiger partial charge in [-0.15, -0.1) is 0 Å². The Balaban J connectivity index is 2.23. The summed E-state index contributed by atoms with van der Waals surface area (Å²) in [6, 6.07) is 4.48. The molecule has 88 valence electrons. The summed E-state index contributed by atoms with van der Waals surface area (Å²) in [6.45, 7) is 1.76. The van der Waals surface area contributed by atoms with Crippen molar-refractivity contribution < 1.29 is 14.2 Å². The van der Waals surface area contributed by atoms with Crippen molar-refractivity contribution in [2.45, 2.75) is 6.04 Å². The van der Waals surface area contributed by atoms with Crippen LogP contribution < -0.4 is 4.90 Å². The van der Waals surface area contributed by atoms with E-state index in [0.717, 1.165) is 5.69 Å². The molecule has 0 saturated carbocycles. The minimum absolute atomic E-state index is 0.00892. The van der Waals surface area contributed by atoms with E-state index in [9.17, 15) is 9.50 Å². The van der Waals surface area contributed by atoms with Gasteiger partial charge in [-0.3, -0.25) is 0 Å². The number of aliphatic hydroxyl groups excluding tert-OH is 1. The van der Waals surface area contributed by atoms with E-state index in [0.29, 0.717) is 19.8 Å². The number of nitrogens with zero attached hydrogens (tertiary/aromatic N) is 1. The number of hydrogen-bond acceptors (Lipinski definition) is 3. The van der Waals surface area contributed by atoms with E-state index >= 15 is 0 Å². The van der Waals surface area contributed by atoms with Gasteiger partial charge in [-0.2, -0.15) is 0 Å². The lowest BCUT2D eigenvalue weighted by molar-refractivity contribution is 0.0727. The number of aliphatic hydroxyl groups is 1. The summed E-state index contributed by atoms with van der Waals surface area (Å²) in [7, 11) is 0. The molecule has 1 fully saturated rings. The van der Waals surface area contributed by atoms with Crippen molar-refractivity contribution in [3.63, 3.8) is 0 Å². The standard InChI is InChI=1S/C11H13ClFNO2/c12-10-5-8(1-2-11(10)13)14-3-4-16-7-9(14)6-15/h1-2,5,9,15H,3-4,6-7H2. The van der Waals surface area contributed by atoms with Crippen LogP contribution in [0.4, 0.5) is 10.1 Å². The number of rotatable bonds is 2. The van der Waals surface area contributed by atoms with Gasteiger partial charge in [0.15, 0.2) is 0 Å². The van der Waals surface area contributed by atoms with Crippen LogP contribution in [0.15, 0.2) is 18.2 Å². The Kier molecular flexibility index (Phi) is 3.63. The molecule has 0 amide bonds. The Morgan fingerprint density at radius 2 is 2.38 bits per heavy atom. The first-order chi connectivity index (χ1) is 7.72. The van der Waals surface area contributed by atoms with Crippen molar-refractivity contribution >= 4 is 17.3 Å². The molecule has 16 heavy (non-hydrogen) atoms. The summed E-state index contributed by atoms with van der Waals surface area (Å²) in [4.78, 5) is 1.98. The summed E-state index contributed by atoms with van der Waals surface area (Å²) >= 11 is 5.73. The van der Waals surface area contributed by atoms with Crippen LogP contribution in [0.2, 0.25) is 5.02 Å². The molecule has 1 aromatic rings.